The first-order valence-electron chi connectivity index (χ1n) is 5.81. The van der Waals surface area contributed by atoms with Gasteiger partial charge in [0.2, 0.25) is 0 Å². The van der Waals surface area contributed by atoms with E-state index in [0.29, 0.717) is 11.1 Å². The zero-order valence-corrected chi connectivity index (χ0v) is 10.6. The van der Waals surface area contributed by atoms with E-state index in [0.717, 1.165) is 24.3 Å². The first-order chi connectivity index (χ1) is 8.16. The Morgan fingerprint density at radius 1 is 1.41 bits per heavy atom. The van der Waals surface area contributed by atoms with Gasteiger partial charge in [0, 0.05) is 11.6 Å². The van der Waals surface area contributed by atoms with Crippen molar-refractivity contribution in [1.82, 2.24) is 5.32 Å². The van der Waals surface area contributed by atoms with Crippen LogP contribution in [-0.2, 0) is 0 Å². The number of aryl methyl sites for hydroxylation is 1. The molecule has 1 aromatic carbocycles. The minimum Gasteiger partial charge on any atom is -0.349 e. The fraction of sp³-hybridized carbons (Fsp3) is 0.462. The molecule has 4 heteroatoms. The molecule has 0 spiro atoms. The summed E-state index contributed by atoms with van der Waals surface area (Å²) in [5.41, 5.74) is 1.05. The zero-order valence-electron chi connectivity index (χ0n) is 9.83. The summed E-state index contributed by atoms with van der Waals surface area (Å²) in [5, 5.41) is 3.01. The van der Waals surface area contributed by atoms with Crippen LogP contribution in [0.4, 0.5) is 4.39 Å². The van der Waals surface area contributed by atoms with E-state index in [4.69, 9.17) is 0 Å². The molecule has 0 saturated carbocycles. The maximum atomic E-state index is 13.1. The third kappa shape index (κ3) is 3.22. The topological polar surface area (TPSA) is 29.1 Å². The lowest BCUT2D eigenvalue weighted by molar-refractivity contribution is 0.0934. The second-order valence-corrected chi connectivity index (χ2v) is 5.55. The van der Waals surface area contributed by atoms with Crippen LogP contribution in [0, 0.1) is 12.7 Å². The number of hydrogen-bond acceptors (Lipinski definition) is 2. The van der Waals surface area contributed by atoms with E-state index in [1.807, 2.05) is 11.8 Å². The lowest BCUT2D eigenvalue weighted by atomic mass is 10.1. The highest BCUT2D eigenvalue weighted by Gasteiger charge is 2.17. The van der Waals surface area contributed by atoms with E-state index >= 15 is 0 Å². The lowest BCUT2D eigenvalue weighted by Gasteiger charge is -2.22. The molecule has 0 unspecified atom stereocenters. The Kier molecular flexibility index (Phi) is 4.05. The number of halogens is 1. The van der Waals surface area contributed by atoms with E-state index in [1.54, 1.807) is 13.0 Å². The van der Waals surface area contributed by atoms with E-state index in [9.17, 15) is 9.18 Å². The van der Waals surface area contributed by atoms with Crippen LogP contribution in [-0.4, -0.2) is 23.5 Å². The molecule has 1 amide bonds. The van der Waals surface area contributed by atoms with Gasteiger partial charge >= 0.3 is 0 Å². The maximum absolute atomic E-state index is 13.1. The second kappa shape index (κ2) is 5.54. The summed E-state index contributed by atoms with van der Waals surface area (Å²) in [6.07, 6.45) is 2.05. The third-order valence-electron chi connectivity index (χ3n) is 2.98. The molecule has 1 aliphatic rings. The molecule has 0 bridgehead atoms. The molecule has 2 nitrogen and oxygen atoms in total. The summed E-state index contributed by atoms with van der Waals surface area (Å²) in [4.78, 5) is 11.9. The van der Waals surface area contributed by atoms with Gasteiger partial charge in [-0.2, -0.15) is 11.8 Å². The molecule has 0 radical (unpaired) electrons. The highest BCUT2D eigenvalue weighted by Crippen LogP contribution is 2.17. The van der Waals surface area contributed by atoms with Gasteiger partial charge in [-0.15, -0.1) is 0 Å². The number of hydrogen-bond donors (Lipinski definition) is 1. The van der Waals surface area contributed by atoms with Gasteiger partial charge in [0.05, 0.1) is 0 Å². The first kappa shape index (κ1) is 12.4. The predicted molar refractivity (Wildman–Crippen MR) is 69.0 cm³/mol. The number of thioether (sulfide) groups is 1. The van der Waals surface area contributed by atoms with E-state index in [2.05, 4.69) is 5.32 Å². The molecule has 17 heavy (non-hydrogen) atoms. The SMILES string of the molecule is Cc1cc(C(=O)NC2CCSCC2)ccc1F. The molecular weight excluding hydrogens is 237 g/mol. The molecule has 0 aromatic heterocycles. The van der Waals surface area contributed by atoms with Crippen molar-refractivity contribution in [3.05, 3.63) is 35.1 Å². The molecule has 1 heterocycles. The van der Waals surface area contributed by atoms with Crippen LogP contribution in [0.5, 0.6) is 0 Å². The van der Waals surface area contributed by atoms with Crippen molar-refractivity contribution in [3.63, 3.8) is 0 Å². The van der Waals surface area contributed by atoms with Gasteiger partial charge in [-0.05, 0) is 55.0 Å². The normalized spacial score (nSPS) is 16.8. The van der Waals surface area contributed by atoms with Crippen molar-refractivity contribution >= 4 is 17.7 Å². The number of carbonyl (C=O) groups excluding carboxylic acids is 1. The van der Waals surface area contributed by atoms with Crippen molar-refractivity contribution in [2.45, 2.75) is 25.8 Å². The van der Waals surface area contributed by atoms with Gasteiger partial charge in [0.25, 0.3) is 5.91 Å². The summed E-state index contributed by atoms with van der Waals surface area (Å²) < 4.78 is 13.1. The molecule has 2 rings (SSSR count). The average molecular weight is 253 g/mol. The third-order valence-corrected chi connectivity index (χ3v) is 4.03. The molecule has 1 saturated heterocycles. The summed E-state index contributed by atoms with van der Waals surface area (Å²) in [6.45, 7) is 1.67. The monoisotopic (exact) mass is 253 g/mol. The zero-order chi connectivity index (χ0) is 12.3. The van der Waals surface area contributed by atoms with E-state index in [-0.39, 0.29) is 17.8 Å². The predicted octanol–water partition coefficient (Wildman–Crippen LogP) is 2.76. The number of nitrogens with one attached hydrogen (secondary N) is 1. The molecule has 1 aromatic rings. The van der Waals surface area contributed by atoms with Crippen LogP contribution < -0.4 is 5.32 Å². The Morgan fingerprint density at radius 2 is 2.12 bits per heavy atom. The first-order valence-corrected chi connectivity index (χ1v) is 6.97. The van der Waals surface area contributed by atoms with Crippen molar-refractivity contribution in [3.8, 4) is 0 Å². The van der Waals surface area contributed by atoms with E-state index in [1.165, 1.54) is 12.1 Å². The molecule has 92 valence electrons. The van der Waals surface area contributed by atoms with Crippen LogP contribution in [0.3, 0.4) is 0 Å². The maximum Gasteiger partial charge on any atom is 0.251 e. The van der Waals surface area contributed by atoms with Crippen molar-refractivity contribution < 1.29 is 9.18 Å². The number of rotatable bonds is 2. The standard InChI is InChI=1S/C13H16FNOS/c1-9-8-10(2-3-12(9)14)13(16)15-11-4-6-17-7-5-11/h2-3,8,11H,4-7H2,1H3,(H,15,16). The summed E-state index contributed by atoms with van der Waals surface area (Å²) >= 11 is 1.93. The van der Waals surface area contributed by atoms with Crippen molar-refractivity contribution in [2.24, 2.45) is 0 Å². The van der Waals surface area contributed by atoms with Gasteiger partial charge in [-0.3, -0.25) is 4.79 Å². The van der Waals surface area contributed by atoms with Gasteiger partial charge in [0.1, 0.15) is 5.82 Å². The fourth-order valence-electron chi connectivity index (χ4n) is 1.90. The molecule has 1 aliphatic heterocycles. The highest BCUT2D eigenvalue weighted by molar-refractivity contribution is 7.99. The summed E-state index contributed by atoms with van der Waals surface area (Å²) in [6, 6.07) is 4.76. The second-order valence-electron chi connectivity index (χ2n) is 4.32. The quantitative estimate of drug-likeness (QED) is 0.878. The van der Waals surface area contributed by atoms with Crippen molar-refractivity contribution in [1.29, 1.82) is 0 Å². The Hall–Kier alpha value is -1.03. The lowest BCUT2D eigenvalue weighted by Crippen LogP contribution is -2.37. The Labute approximate surface area is 105 Å². The average Bonchev–Trinajstić information content (AvgIpc) is 2.34. The fourth-order valence-corrected chi connectivity index (χ4v) is 3.00. The van der Waals surface area contributed by atoms with Crippen LogP contribution in [0.2, 0.25) is 0 Å². The molecule has 1 fully saturated rings. The molecule has 0 atom stereocenters. The van der Waals surface area contributed by atoms with Crippen LogP contribution >= 0.6 is 11.8 Å². The van der Waals surface area contributed by atoms with Crippen molar-refractivity contribution in [2.75, 3.05) is 11.5 Å². The van der Waals surface area contributed by atoms with Gasteiger partial charge < -0.3 is 5.32 Å². The summed E-state index contributed by atoms with van der Waals surface area (Å²) in [7, 11) is 0. The Morgan fingerprint density at radius 3 is 2.76 bits per heavy atom. The van der Waals surface area contributed by atoms with Crippen LogP contribution in [0.15, 0.2) is 18.2 Å². The van der Waals surface area contributed by atoms with Gasteiger partial charge in [-0.25, -0.2) is 4.39 Å². The summed E-state index contributed by atoms with van der Waals surface area (Å²) in [5.74, 6) is 1.85. The van der Waals surface area contributed by atoms with Gasteiger partial charge in [0.15, 0.2) is 0 Å². The molecular formula is C13H16FNOS. The van der Waals surface area contributed by atoms with Crippen LogP contribution in [0.1, 0.15) is 28.8 Å². The number of amides is 1. The Balaban J connectivity index is 2.01. The van der Waals surface area contributed by atoms with E-state index < -0.39 is 0 Å². The van der Waals surface area contributed by atoms with Gasteiger partial charge in [-0.1, -0.05) is 0 Å². The molecule has 1 N–H and O–H groups in total. The van der Waals surface area contributed by atoms with Crippen LogP contribution in [0.25, 0.3) is 0 Å². The number of carbonyl (C=O) groups is 1. The Bertz CT molecular complexity index is 416. The smallest absolute Gasteiger partial charge is 0.251 e. The minimum absolute atomic E-state index is 0.0926. The molecule has 0 aliphatic carbocycles. The minimum atomic E-state index is -0.268. The number of benzene rings is 1. The highest BCUT2D eigenvalue weighted by atomic mass is 32.2. The largest absolute Gasteiger partial charge is 0.349 e.